The van der Waals surface area contributed by atoms with Crippen LogP contribution in [0.4, 0.5) is 0 Å². The summed E-state index contributed by atoms with van der Waals surface area (Å²) in [6, 6.07) is 8.66. The first-order chi connectivity index (χ1) is 11.2. The molecule has 1 aromatic carbocycles. The van der Waals surface area contributed by atoms with Crippen LogP contribution >= 0.6 is 11.6 Å². The van der Waals surface area contributed by atoms with E-state index in [1.165, 1.54) is 5.56 Å². The second kappa shape index (κ2) is 5.22. The minimum atomic E-state index is -0.310. The number of halogens is 1. The Bertz CT molecular complexity index is 727. The summed E-state index contributed by atoms with van der Waals surface area (Å²) in [6.45, 7) is 10.4. The molecule has 2 saturated heterocycles. The zero-order valence-corrected chi connectivity index (χ0v) is 15.5. The van der Waals surface area contributed by atoms with Crippen molar-refractivity contribution in [2.75, 3.05) is 6.54 Å². The largest absolute Gasteiger partial charge is 0.500 e. The third-order valence-corrected chi connectivity index (χ3v) is 6.29. The third-order valence-electron chi connectivity index (χ3n) is 5.92. The van der Waals surface area contributed by atoms with Gasteiger partial charge in [-0.05, 0) is 39.8 Å². The van der Waals surface area contributed by atoms with Gasteiger partial charge in [-0.15, -0.1) is 0 Å². The lowest BCUT2D eigenvalue weighted by Gasteiger charge is -2.32. The quantitative estimate of drug-likeness (QED) is 0.466. The summed E-state index contributed by atoms with van der Waals surface area (Å²) in [7, 11) is -0.297. The summed E-state index contributed by atoms with van der Waals surface area (Å²) >= 11 is 6.36. The monoisotopic (exact) mass is 344 g/mol. The fourth-order valence-electron chi connectivity index (χ4n) is 3.53. The lowest BCUT2D eigenvalue weighted by molar-refractivity contribution is -0.770. The molecule has 126 valence electrons. The molecule has 0 N–H and O–H groups in total. The molecule has 1 aromatic rings. The number of nitrogens with zero attached hydrogens (tertiary/aromatic N) is 1. The van der Waals surface area contributed by atoms with Crippen molar-refractivity contribution in [3.8, 4) is 0 Å². The minimum Gasteiger partial charge on any atom is -0.399 e. The average molecular weight is 345 g/mol. The maximum atomic E-state index is 6.36. The highest BCUT2D eigenvalue weighted by Gasteiger charge is 2.58. The van der Waals surface area contributed by atoms with Gasteiger partial charge in [0, 0.05) is 16.1 Å². The highest BCUT2D eigenvalue weighted by Crippen LogP contribution is 2.44. The summed E-state index contributed by atoms with van der Waals surface area (Å²) in [5.41, 5.74) is 1.70. The van der Waals surface area contributed by atoms with Crippen molar-refractivity contribution in [2.24, 2.45) is 0 Å². The Balaban J connectivity index is 1.58. The number of hydrogen-bond donors (Lipinski definition) is 0. The van der Waals surface area contributed by atoms with Crippen LogP contribution in [0.1, 0.15) is 33.3 Å². The molecule has 0 radical (unpaired) electrons. The molecule has 4 rings (SSSR count). The Kier molecular flexibility index (Phi) is 3.56. The van der Waals surface area contributed by atoms with Gasteiger partial charge in [0.1, 0.15) is 13.1 Å². The van der Waals surface area contributed by atoms with Crippen molar-refractivity contribution in [3.05, 3.63) is 58.7 Å². The second-order valence-electron chi connectivity index (χ2n) is 8.18. The van der Waals surface area contributed by atoms with E-state index in [1.807, 2.05) is 12.1 Å². The van der Waals surface area contributed by atoms with Crippen LogP contribution in [0.25, 0.3) is 0 Å². The summed E-state index contributed by atoms with van der Waals surface area (Å²) in [4.78, 5) is 0. The van der Waals surface area contributed by atoms with Crippen LogP contribution in [-0.4, -0.2) is 35.4 Å². The zero-order valence-electron chi connectivity index (χ0n) is 14.8. The van der Waals surface area contributed by atoms with Gasteiger partial charge in [-0.25, -0.2) is 0 Å². The fraction of sp³-hybridized carbons (Fsp3) is 0.474. The highest BCUT2D eigenvalue weighted by molar-refractivity contribution is 6.55. The van der Waals surface area contributed by atoms with Gasteiger partial charge >= 0.3 is 7.12 Å². The molecule has 2 unspecified atom stereocenters. The van der Waals surface area contributed by atoms with E-state index < -0.39 is 0 Å². The first-order valence-corrected chi connectivity index (χ1v) is 8.97. The topological polar surface area (TPSA) is 18.5 Å². The van der Waals surface area contributed by atoms with E-state index in [9.17, 15) is 0 Å². The van der Waals surface area contributed by atoms with E-state index in [-0.39, 0.29) is 18.3 Å². The Morgan fingerprint density at radius 2 is 1.83 bits per heavy atom. The predicted octanol–water partition coefficient (Wildman–Crippen LogP) is 4.12. The predicted molar refractivity (Wildman–Crippen MR) is 97.4 cm³/mol. The molecule has 0 aromatic heterocycles. The summed E-state index contributed by atoms with van der Waals surface area (Å²) in [5.74, 6) is 0. The number of benzene rings is 1. The molecular formula is C19H24BClNO2+. The van der Waals surface area contributed by atoms with Crippen molar-refractivity contribution in [3.63, 3.8) is 0 Å². The van der Waals surface area contributed by atoms with Crippen LogP contribution in [0.3, 0.4) is 0 Å². The zero-order chi connectivity index (χ0) is 17.2. The molecule has 5 heteroatoms. The normalized spacial score (nSPS) is 32.5. The number of allylic oxidation sites excluding steroid dienone is 2. The standard InChI is InChI=1S/C19H24BClNO2/c1-18(2)19(3,4)24-20(23-18)15-9-10-16-13-22(16,12-15)11-14-7-5-6-8-17(14)21/h5-10,12,16H,11,13H2,1-4H3/q+1. The summed E-state index contributed by atoms with van der Waals surface area (Å²) < 4.78 is 13.3. The molecule has 0 amide bonds. The lowest BCUT2D eigenvalue weighted by Crippen LogP contribution is -2.41. The van der Waals surface area contributed by atoms with Gasteiger partial charge in [0.25, 0.3) is 0 Å². The average Bonchev–Trinajstić information content (AvgIpc) is 3.16. The minimum absolute atomic E-state index is 0.297. The van der Waals surface area contributed by atoms with Crippen LogP contribution in [0.2, 0.25) is 5.02 Å². The smallest absolute Gasteiger partial charge is 0.399 e. The lowest BCUT2D eigenvalue weighted by atomic mass is 9.77. The van der Waals surface area contributed by atoms with E-state index >= 15 is 0 Å². The molecule has 2 atom stereocenters. The third kappa shape index (κ3) is 2.57. The van der Waals surface area contributed by atoms with E-state index in [1.54, 1.807) is 0 Å². The van der Waals surface area contributed by atoms with Gasteiger partial charge in [0.2, 0.25) is 0 Å². The van der Waals surface area contributed by atoms with Crippen molar-refractivity contribution in [1.29, 1.82) is 0 Å². The van der Waals surface area contributed by atoms with E-state index in [0.717, 1.165) is 28.1 Å². The van der Waals surface area contributed by atoms with Gasteiger partial charge in [0.15, 0.2) is 6.04 Å². The molecule has 0 bridgehead atoms. The van der Waals surface area contributed by atoms with Crippen molar-refractivity contribution < 1.29 is 13.8 Å². The first kappa shape index (κ1) is 16.4. The van der Waals surface area contributed by atoms with Gasteiger partial charge in [0.05, 0.1) is 17.4 Å². The molecule has 2 fully saturated rings. The van der Waals surface area contributed by atoms with Gasteiger partial charge in [-0.2, -0.15) is 0 Å². The number of rotatable bonds is 3. The van der Waals surface area contributed by atoms with Crippen LogP contribution < -0.4 is 0 Å². The Labute approximate surface area is 149 Å². The van der Waals surface area contributed by atoms with Crippen LogP contribution in [0.5, 0.6) is 0 Å². The van der Waals surface area contributed by atoms with E-state index in [2.05, 4.69) is 58.2 Å². The van der Waals surface area contributed by atoms with E-state index in [0.29, 0.717) is 6.04 Å². The Morgan fingerprint density at radius 1 is 1.17 bits per heavy atom. The molecule has 3 heterocycles. The Morgan fingerprint density at radius 3 is 2.50 bits per heavy atom. The molecule has 3 aliphatic heterocycles. The second-order valence-corrected chi connectivity index (χ2v) is 8.59. The molecule has 24 heavy (non-hydrogen) atoms. The number of quaternary nitrogens is 1. The molecule has 3 nitrogen and oxygen atoms in total. The molecule has 0 aliphatic carbocycles. The highest BCUT2D eigenvalue weighted by atomic mass is 35.5. The summed E-state index contributed by atoms with van der Waals surface area (Å²) in [5, 5.41) is 0.843. The van der Waals surface area contributed by atoms with Crippen LogP contribution in [0.15, 0.2) is 48.1 Å². The van der Waals surface area contributed by atoms with E-state index in [4.69, 9.17) is 20.9 Å². The molecule has 0 spiro atoms. The van der Waals surface area contributed by atoms with Crippen molar-refractivity contribution in [2.45, 2.75) is 51.5 Å². The van der Waals surface area contributed by atoms with Crippen LogP contribution in [-0.2, 0) is 15.9 Å². The van der Waals surface area contributed by atoms with Crippen LogP contribution in [0, 0.1) is 0 Å². The number of hydrogen-bond acceptors (Lipinski definition) is 2. The van der Waals surface area contributed by atoms with Gasteiger partial charge < -0.3 is 9.31 Å². The maximum Gasteiger partial charge on any atom is 0.500 e. The molecule has 3 aliphatic rings. The number of fused-ring (bicyclic) bond motifs is 1. The summed E-state index contributed by atoms with van der Waals surface area (Å²) in [6.07, 6.45) is 6.77. The van der Waals surface area contributed by atoms with Gasteiger partial charge in [-0.1, -0.05) is 35.9 Å². The SMILES string of the molecule is CC1(C)OB(C2=C[N+]3(Cc4ccccc4Cl)CC3C=C2)OC1(C)C. The first-order valence-electron chi connectivity index (χ1n) is 8.59. The van der Waals surface area contributed by atoms with Gasteiger partial charge in [-0.3, -0.25) is 4.48 Å². The fourth-order valence-corrected chi connectivity index (χ4v) is 3.73. The molecule has 0 saturated carbocycles. The Hall–Kier alpha value is -1.07. The maximum absolute atomic E-state index is 6.36. The molecular weight excluding hydrogens is 320 g/mol. The van der Waals surface area contributed by atoms with Crippen molar-refractivity contribution in [1.82, 2.24) is 0 Å². The van der Waals surface area contributed by atoms with Crippen molar-refractivity contribution >= 4 is 18.7 Å².